The van der Waals surface area contributed by atoms with Gasteiger partial charge in [-0.1, -0.05) is 17.7 Å². The molecule has 4 nitrogen and oxygen atoms in total. The van der Waals surface area contributed by atoms with Crippen molar-refractivity contribution in [1.82, 2.24) is 0 Å². The van der Waals surface area contributed by atoms with Crippen LogP contribution in [0.25, 0.3) is 0 Å². The molecule has 1 N–H and O–H groups in total. The smallest absolute Gasteiger partial charge is 0.141 e. The van der Waals surface area contributed by atoms with Crippen molar-refractivity contribution in [1.29, 1.82) is 0 Å². The molecule has 0 aromatic heterocycles. The van der Waals surface area contributed by atoms with E-state index >= 15 is 0 Å². The Balaban J connectivity index is 1.70. The first-order valence-electron chi connectivity index (χ1n) is 6.35. The van der Waals surface area contributed by atoms with Gasteiger partial charge < -0.3 is 0 Å². The van der Waals surface area contributed by atoms with E-state index in [9.17, 15) is 9.42 Å². The van der Waals surface area contributed by atoms with E-state index in [-0.39, 0.29) is 0 Å². The third-order valence-electron chi connectivity index (χ3n) is 3.19. The van der Waals surface area contributed by atoms with Gasteiger partial charge in [-0.3, -0.25) is 13.6 Å². The molecule has 0 bridgehead atoms. The molecule has 1 fully saturated rings. The Labute approximate surface area is 120 Å². The second-order valence-electron chi connectivity index (χ2n) is 4.76. The van der Waals surface area contributed by atoms with Crippen molar-refractivity contribution in [2.75, 3.05) is 22.6 Å². The van der Waals surface area contributed by atoms with Crippen LogP contribution in [0.2, 0.25) is 0 Å². The van der Waals surface area contributed by atoms with E-state index in [2.05, 4.69) is 0 Å². The molecule has 6 heteroatoms. The highest BCUT2D eigenvalue weighted by Gasteiger charge is 2.18. The number of anilines is 1. The van der Waals surface area contributed by atoms with Gasteiger partial charge in [-0.25, -0.2) is 0 Å². The van der Waals surface area contributed by atoms with Gasteiger partial charge in [-0.05, 0) is 37.8 Å². The minimum Gasteiger partial charge on any atom is -0.295 e. The van der Waals surface area contributed by atoms with Gasteiger partial charge in [0.2, 0.25) is 0 Å². The molecule has 2 rings (SSSR count). The van der Waals surface area contributed by atoms with Gasteiger partial charge in [0.1, 0.15) is 12.2 Å². The van der Waals surface area contributed by atoms with Gasteiger partial charge in [-0.2, -0.15) is 4.47 Å². The zero-order chi connectivity index (χ0) is 13.7. The van der Waals surface area contributed by atoms with Crippen LogP contribution in [0.5, 0.6) is 0 Å². The Morgan fingerprint density at radius 1 is 1.37 bits per heavy atom. The first-order valence-corrected chi connectivity index (χ1v) is 8.54. The lowest BCUT2D eigenvalue weighted by Crippen LogP contribution is -2.22. The molecular formula is C13H19NO3S2. The van der Waals surface area contributed by atoms with Crippen LogP contribution < -0.4 is 4.47 Å². The maximum absolute atomic E-state index is 11.2. The predicted octanol–water partition coefficient (Wildman–Crippen LogP) is 2.93. The Morgan fingerprint density at radius 3 is 2.63 bits per heavy atom. The topological polar surface area (TPSA) is 49.8 Å². The molecule has 1 aromatic rings. The summed E-state index contributed by atoms with van der Waals surface area (Å²) in [5, 5.41) is 9.81. The molecule has 1 aromatic carbocycles. The number of hydrogen-bond donors (Lipinski definition) is 1. The molecule has 1 aliphatic rings. The quantitative estimate of drug-likeness (QED) is 0.515. The number of hydrogen-bond acceptors (Lipinski definition) is 5. The van der Waals surface area contributed by atoms with Crippen molar-refractivity contribution < 1.29 is 13.6 Å². The summed E-state index contributed by atoms with van der Waals surface area (Å²) < 4.78 is 17.7. The summed E-state index contributed by atoms with van der Waals surface area (Å²) in [4.78, 5) is 0. The summed E-state index contributed by atoms with van der Waals surface area (Å²) >= 11 is 0.943. The fraction of sp³-hybridized carbons (Fsp3) is 0.538. The third-order valence-corrected chi connectivity index (χ3v) is 5.17. The summed E-state index contributed by atoms with van der Waals surface area (Å²) in [6.07, 6.45) is 1.90. The van der Waals surface area contributed by atoms with E-state index < -0.39 is 10.8 Å². The minimum atomic E-state index is -0.629. The minimum absolute atomic E-state index is 0.455. The van der Waals surface area contributed by atoms with E-state index in [0.717, 1.165) is 46.6 Å². The molecule has 0 radical (unpaired) electrons. The van der Waals surface area contributed by atoms with Crippen LogP contribution in [0.1, 0.15) is 18.4 Å². The second kappa shape index (κ2) is 7.28. The Morgan fingerprint density at radius 2 is 2.00 bits per heavy atom. The Kier molecular flexibility index (Phi) is 5.69. The molecule has 0 aliphatic carbocycles. The monoisotopic (exact) mass is 301 g/mol. The van der Waals surface area contributed by atoms with Crippen molar-refractivity contribution in [3.63, 3.8) is 0 Å². The zero-order valence-corrected chi connectivity index (χ0v) is 12.6. The largest absolute Gasteiger partial charge is 0.295 e. The first kappa shape index (κ1) is 14.8. The molecule has 0 amide bonds. The average Bonchev–Trinajstić information content (AvgIpc) is 2.41. The second-order valence-corrected chi connectivity index (χ2v) is 7.19. The number of nitrogens with zero attached hydrogens (tertiary/aromatic N) is 1. The molecule has 0 atom stereocenters. The molecule has 0 unspecified atom stereocenters. The lowest BCUT2D eigenvalue weighted by molar-refractivity contribution is 0.256. The van der Waals surface area contributed by atoms with Crippen molar-refractivity contribution in [3.05, 3.63) is 29.8 Å². The van der Waals surface area contributed by atoms with Crippen LogP contribution in [0, 0.1) is 12.8 Å². The van der Waals surface area contributed by atoms with Crippen LogP contribution in [0.3, 0.4) is 0 Å². The number of rotatable bonds is 5. The molecule has 1 heterocycles. The van der Waals surface area contributed by atoms with Crippen molar-refractivity contribution in [2.24, 2.45) is 5.92 Å². The van der Waals surface area contributed by atoms with Gasteiger partial charge >= 0.3 is 0 Å². The maximum atomic E-state index is 11.2. The fourth-order valence-electron chi connectivity index (χ4n) is 1.90. The van der Waals surface area contributed by atoms with Crippen LogP contribution in [-0.4, -0.2) is 27.5 Å². The SMILES string of the molecule is Cc1ccc(N(O)SOCC2CCS(=O)CC2)cc1. The fourth-order valence-corrected chi connectivity index (χ4v) is 3.86. The van der Waals surface area contributed by atoms with E-state index in [1.165, 1.54) is 0 Å². The first-order chi connectivity index (χ1) is 9.15. The van der Waals surface area contributed by atoms with Crippen LogP contribution in [-0.2, 0) is 15.0 Å². The number of benzene rings is 1. The van der Waals surface area contributed by atoms with Gasteiger partial charge in [0.05, 0.1) is 12.3 Å². The molecule has 106 valence electrons. The van der Waals surface area contributed by atoms with Gasteiger partial charge in [0.25, 0.3) is 0 Å². The van der Waals surface area contributed by atoms with Crippen LogP contribution in [0.15, 0.2) is 24.3 Å². The van der Waals surface area contributed by atoms with Crippen LogP contribution in [0.4, 0.5) is 5.69 Å². The summed E-state index contributed by atoms with van der Waals surface area (Å²) in [6.45, 7) is 2.59. The number of aryl methyl sites for hydroxylation is 1. The maximum Gasteiger partial charge on any atom is 0.141 e. The van der Waals surface area contributed by atoms with Crippen molar-refractivity contribution >= 4 is 28.7 Å². The molecule has 19 heavy (non-hydrogen) atoms. The predicted molar refractivity (Wildman–Crippen MR) is 79.6 cm³/mol. The molecule has 0 spiro atoms. The molecule has 1 aliphatic heterocycles. The molecule has 1 saturated heterocycles. The van der Waals surface area contributed by atoms with Crippen molar-refractivity contribution in [2.45, 2.75) is 19.8 Å². The summed E-state index contributed by atoms with van der Waals surface area (Å²) in [6, 6.07) is 7.57. The highest BCUT2D eigenvalue weighted by Crippen LogP contribution is 2.24. The Bertz CT molecular complexity index is 414. The highest BCUT2D eigenvalue weighted by atomic mass is 32.2. The summed E-state index contributed by atoms with van der Waals surface area (Å²) in [5.74, 6) is 2.01. The van der Waals surface area contributed by atoms with Gasteiger partial charge in [0.15, 0.2) is 0 Å². The third kappa shape index (κ3) is 4.80. The van der Waals surface area contributed by atoms with E-state index in [1.807, 2.05) is 31.2 Å². The van der Waals surface area contributed by atoms with E-state index in [0.29, 0.717) is 18.2 Å². The summed E-state index contributed by atoms with van der Waals surface area (Å²) in [7, 11) is -0.629. The summed E-state index contributed by atoms with van der Waals surface area (Å²) in [5.41, 5.74) is 1.85. The lowest BCUT2D eigenvalue weighted by atomic mass is 10.1. The average molecular weight is 301 g/mol. The highest BCUT2D eigenvalue weighted by molar-refractivity contribution is 7.95. The molecule has 0 saturated carbocycles. The standard InChI is InChI=1S/C13H19NO3S2/c1-11-2-4-13(5-3-11)14(15)18-17-10-12-6-8-19(16)9-7-12/h2-5,12,15H,6-10H2,1H3. The zero-order valence-electron chi connectivity index (χ0n) is 10.9. The van der Waals surface area contributed by atoms with E-state index in [1.54, 1.807) is 0 Å². The van der Waals surface area contributed by atoms with Gasteiger partial charge in [-0.15, -0.1) is 0 Å². The normalized spacial score (nSPS) is 23.3. The molecular weight excluding hydrogens is 282 g/mol. The van der Waals surface area contributed by atoms with Crippen LogP contribution >= 0.6 is 12.2 Å². The van der Waals surface area contributed by atoms with Crippen molar-refractivity contribution in [3.8, 4) is 0 Å². The Hall–Kier alpha value is -0.560. The van der Waals surface area contributed by atoms with Gasteiger partial charge in [0, 0.05) is 22.3 Å². The van der Waals surface area contributed by atoms with E-state index in [4.69, 9.17) is 4.18 Å². The lowest BCUT2D eigenvalue weighted by Gasteiger charge is -2.21.